The smallest absolute Gasteiger partial charge is 0.287 e. The molecule has 0 bridgehead atoms. The van der Waals surface area contributed by atoms with Crippen LogP contribution in [-0.2, 0) is 0 Å². The van der Waals surface area contributed by atoms with Crippen LogP contribution in [0.3, 0.4) is 0 Å². The van der Waals surface area contributed by atoms with E-state index in [9.17, 15) is 14.7 Å². The number of hydrogen-bond donors (Lipinski definition) is 3. The summed E-state index contributed by atoms with van der Waals surface area (Å²) < 4.78 is 0. The highest BCUT2D eigenvalue weighted by Crippen LogP contribution is 2.37. The van der Waals surface area contributed by atoms with Crippen molar-refractivity contribution in [3.63, 3.8) is 0 Å². The lowest BCUT2D eigenvalue weighted by atomic mass is 9.76. The number of fused-ring (bicyclic) bond motifs is 1. The lowest BCUT2D eigenvalue weighted by molar-refractivity contribution is 0.0227. The van der Waals surface area contributed by atoms with E-state index in [1.807, 2.05) is 12.1 Å². The monoisotopic (exact) mass is 350 g/mol. The average molecular weight is 350 g/mol. The van der Waals surface area contributed by atoms with Crippen LogP contribution in [-0.4, -0.2) is 32.1 Å². The first-order valence-electron chi connectivity index (χ1n) is 8.51. The Kier molecular flexibility index (Phi) is 4.22. The van der Waals surface area contributed by atoms with Crippen molar-refractivity contribution in [3.8, 4) is 0 Å². The van der Waals surface area contributed by atoms with E-state index in [0.717, 1.165) is 5.69 Å². The molecule has 1 saturated carbocycles. The molecule has 2 heterocycles. The summed E-state index contributed by atoms with van der Waals surface area (Å²) in [5, 5.41) is 13.0. The number of aromatic nitrogens is 3. The number of rotatable bonds is 4. The SMILES string of the molecule is O=C(N[C@@H](c1ccccn1)C1CC(O)C1)c1nc2ccccc2c(=O)[nH]1. The number of amides is 1. The lowest BCUT2D eigenvalue weighted by Gasteiger charge is -2.37. The van der Waals surface area contributed by atoms with Crippen LogP contribution in [0.4, 0.5) is 0 Å². The van der Waals surface area contributed by atoms with E-state index in [1.165, 1.54) is 0 Å². The van der Waals surface area contributed by atoms with Crippen LogP contribution >= 0.6 is 0 Å². The second kappa shape index (κ2) is 6.68. The molecule has 0 radical (unpaired) electrons. The fraction of sp³-hybridized carbons (Fsp3) is 0.263. The maximum atomic E-state index is 12.7. The topological polar surface area (TPSA) is 108 Å². The fourth-order valence-corrected chi connectivity index (χ4v) is 3.30. The zero-order valence-corrected chi connectivity index (χ0v) is 13.9. The third-order valence-corrected chi connectivity index (χ3v) is 4.74. The van der Waals surface area contributed by atoms with Crippen molar-refractivity contribution >= 4 is 16.8 Å². The molecule has 0 unspecified atom stereocenters. The van der Waals surface area contributed by atoms with E-state index in [4.69, 9.17) is 0 Å². The van der Waals surface area contributed by atoms with Crippen LogP contribution < -0.4 is 10.9 Å². The number of para-hydroxylation sites is 1. The summed E-state index contributed by atoms with van der Waals surface area (Å²) in [7, 11) is 0. The minimum atomic E-state index is -0.468. The maximum Gasteiger partial charge on any atom is 0.287 e. The number of carbonyl (C=O) groups is 1. The van der Waals surface area contributed by atoms with Gasteiger partial charge < -0.3 is 15.4 Å². The second-order valence-electron chi connectivity index (χ2n) is 6.52. The van der Waals surface area contributed by atoms with E-state index in [-0.39, 0.29) is 29.4 Å². The molecule has 0 aliphatic heterocycles. The Morgan fingerprint density at radius 1 is 1.19 bits per heavy atom. The van der Waals surface area contributed by atoms with Crippen molar-refractivity contribution in [2.24, 2.45) is 5.92 Å². The van der Waals surface area contributed by atoms with Gasteiger partial charge in [0.25, 0.3) is 11.5 Å². The standard InChI is InChI=1S/C19H18N4O3/c24-12-9-11(10-12)16(15-7-3-4-8-20-15)22-19(26)17-21-14-6-2-1-5-13(14)18(25)23-17/h1-8,11-12,16,24H,9-10H2,(H,22,26)(H,21,23,25)/t11?,12?,16-/m1/s1. The quantitative estimate of drug-likeness (QED) is 0.662. The van der Waals surface area contributed by atoms with E-state index >= 15 is 0 Å². The van der Waals surface area contributed by atoms with Gasteiger partial charge in [0.15, 0.2) is 5.82 Å². The van der Waals surface area contributed by atoms with E-state index in [1.54, 1.807) is 36.5 Å². The molecule has 0 spiro atoms. The number of H-pyrrole nitrogens is 1. The highest BCUT2D eigenvalue weighted by Gasteiger charge is 2.36. The number of hydrogen-bond acceptors (Lipinski definition) is 5. The minimum Gasteiger partial charge on any atom is -0.393 e. The highest BCUT2D eigenvalue weighted by molar-refractivity contribution is 5.92. The number of nitrogens with zero attached hydrogens (tertiary/aromatic N) is 2. The van der Waals surface area contributed by atoms with Gasteiger partial charge in [-0.05, 0) is 43.0 Å². The number of pyridine rings is 1. The molecule has 1 atom stereocenters. The van der Waals surface area contributed by atoms with Gasteiger partial charge in [0.05, 0.1) is 28.7 Å². The Morgan fingerprint density at radius 3 is 2.69 bits per heavy atom. The van der Waals surface area contributed by atoms with Gasteiger partial charge in [-0.1, -0.05) is 18.2 Å². The van der Waals surface area contributed by atoms with Gasteiger partial charge in [-0.3, -0.25) is 14.6 Å². The van der Waals surface area contributed by atoms with Gasteiger partial charge >= 0.3 is 0 Å². The molecular formula is C19H18N4O3. The largest absolute Gasteiger partial charge is 0.393 e. The minimum absolute atomic E-state index is 0.0329. The number of carbonyl (C=O) groups excluding carboxylic acids is 1. The number of benzene rings is 1. The number of nitrogens with one attached hydrogen (secondary N) is 2. The maximum absolute atomic E-state index is 12.7. The molecule has 1 aliphatic carbocycles. The molecule has 26 heavy (non-hydrogen) atoms. The second-order valence-corrected chi connectivity index (χ2v) is 6.52. The first kappa shape index (κ1) is 16.4. The van der Waals surface area contributed by atoms with Crippen LogP contribution in [0.5, 0.6) is 0 Å². The number of aliphatic hydroxyl groups excluding tert-OH is 1. The van der Waals surface area contributed by atoms with Crippen molar-refractivity contribution in [1.29, 1.82) is 0 Å². The molecular weight excluding hydrogens is 332 g/mol. The normalized spacial score (nSPS) is 20.3. The summed E-state index contributed by atoms with van der Waals surface area (Å²) in [4.78, 5) is 36.0. The van der Waals surface area contributed by atoms with Gasteiger partial charge in [0.2, 0.25) is 0 Å². The Labute approximate surface area is 149 Å². The summed E-state index contributed by atoms with van der Waals surface area (Å²) in [5.74, 6) is -0.407. The predicted molar refractivity (Wildman–Crippen MR) is 95.5 cm³/mol. The summed E-state index contributed by atoms with van der Waals surface area (Å²) >= 11 is 0. The van der Waals surface area contributed by atoms with Crippen LogP contribution in [0.15, 0.2) is 53.5 Å². The van der Waals surface area contributed by atoms with Gasteiger partial charge in [0, 0.05) is 6.20 Å². The molecule has 1 amide bonds. The fourth-order valence-electron chi connectivity index (χ4n) is 3.30. The van der Waals surface area contributed by atoms with Crippen molar-refractivity contribution in [2.75, 3.05) is 0 Å². The van der Waals surface area contributed by atoms with Crippen LogP contribution in [0, 0.1) is 5.92 Å². The summed E-state index contributed by atoms with van der Waals surface area (Å²) in [6.45, 7) is 0. The van der Waals surface area contributed by atoms with E-state index in [2.05, 4.69) is 20.3 Å². The Bertz CT molecular complexity index is 996. The molecule has 7 heteroatoms. The summed E-state index contributed by atoms with van der Waals surface area (Å²) in [6.07, 6.45) is 2.52. The number of aromatic amines is 1. The van der Waals surface area contributed by atoms with Crippen molar-refractivity contribution < 1.29 is 9.90 Å². The van der Waals surface area contributed by atoms with Crippen molar-refractivity contribution in [1.82, 2.24) is 20.3 Å². The summed E-state index contributed by atoms with van der Waals surface area (Å²) in [6, 6.07) is 12.0. The molecule has 7 nitrogen and oxygen atoms in total. The molecule has 4 rings (SSSR count). The first-order chi connectivity index (χ1) is 12.6. The van der Waals surface area contributed by atoms with Crippen LogP contribution in [0.2, 0.25) is 0 Å². The third kappa shape index (κ3) is 3.09. The molecule has 3 N–H and O–H groups in total. The van der Waals surface area contributed by atoms with E-state index in [0.29, 0.717) is 23.7 Å². The van der Waals surface area contributed by atoms with Crippen molar-refractivity contribution in [2.45, 2.75) is 25.0 Å². The number of aliphatic hydroxyl groups is 1. The Hall–Kier alpha value is -3.06. The molecule has 1 aromatic carbocycles. The first-order valence-corrected chi connectivity index (χ1v) is 8.51. The van der Waals surface area contributed by atoms with Gasteiger partial charge in [-0.15, -0.1) is 0 Å². The Morgan fingerprint density at radius 2 is 1.96 bits per heavy atom. The van der Waals surface area contributed by atoms with Gasteiger partial charge in [-0.25, -0.2) is 4.98 Å². The highest BCUT2D eigenvalue weighted by atomic mass is 16.3. The van der Waals surface area contributed by atoms with Crippen LogP contribution in [0.25, 0.3) is 10.9 Å². The zero-order chi connectivity index (χ0) is 18.1. The van der Waals surface area contributed by atoms with Gasteiger partial charge in [-0.2, -0.15) is 0 Å². The molecule has 2 aromatic heterocycles. The molecule has 0 saturated heterocycles. The molecule has 1 fully saturated rings. The molecule has 1 aliphatic rings. The Balaban J connectivity index is 1.63. The lowest BCUT2D eigenvalue weighted by Crippen LogP contribution is -2.42. The molecule has 3 aromatic rings. The van der Waals surface area contributed by atoms with Crippen LogP contribution in [0.1, 0.15) is 35.2 Å². The van der Waals surface area contributed by atoms with E-state index < -0.39 is 5.91 Å². The predicted octanol–water partition coefficient (Wildman–Crippen LogP) is 1.56. The molecule has 132 valence electrons. The zero-order valence-electron chi connectivity index (χ0n) is 13.9. The van der Waals surface area contributed by atoms with Gasteiger partial charge in [0.1, 0.15) is 0 Å². The van der Waals surface area contributed by atoms with Crippen molar-refractivity contribution in [3.05, 3.63) is 70.5 Å². The average Bonchev–Trinajstić information content (AvgIpc) is 2.64. The third-order valence-electron chi connectivity index (χ3n) is 4.74. The summed E-state index contributed by atoms with van der Waals surface area (Å²) in [5.41, 5.74) is 0.838.